The Balaban J connectivity index is 2.19. The standard InChI is InChI=1S/C12H12N4O4/c1-2-19-11-6-5-10(16(17)18)12(14-11)15-13-8-9-4-3-7-20-9/h3-8H,2H2,1H3,(H,14,15)/b13-8+. The molecular weight excluding hydrogens is 264 g/mol. The lowest BCUT2D eigenvalue weighted by atomic mass is 10.4. The van der Waals surface area contributed by atoms with Gasteiger partial charge >= 0.3 is 5.69 Å². The van der Waals surface area contributed by atoms with Crippen molar-refractivity contribution in [2.75, 3.05) is 12.0 Å². The van der Waals surface area contributed by atoms with Gasteiger partial charge < -0.3 is 9.15 Å². The van der Waals surface area contributed by atoms with Crippen LogP contribution in [0.25, 0.3) is 0 Å². The number of aromatic nitrogens is 1. The number of hydrogen-bond donors (Lipinski definition) is 1. The fourth-order valence-electron chi connectivity index (χ4n) is 1.41. The van der Waals surface area contributed by atoms with Crippen LogP contribution in [0.15, 0.2) is 40.0 Å². The minimum atomic E-state index is -0.548. The quantitative estimate of drug-likeness (QED) is 0.493. The number of nitrogens with zero attached hydrogens (tertiary/aromatic N) is 3. The number of ether oxygens (including phenoxy) is 1. The first-order valence-electron chi connectivity index (χ1n) is 5.81. The number of hydrazone groups is 1. The van der Waals surface area contributed by atoms with E-state index >= 15 is 0 Å². The van der Waals surface area contributed by atoms with Crippen molar-refractivity contribution in [3.63, 3.8) is 0 Å². The molecule has 0 atom stereocenters. The third-order valence-electron chi connectivity index (χ3n) is 2.24. The molecule has 104 valence electrons. The van der Waals surface area contributed by atoms with Crippen LogP contribution in [0, 0.1) is 10.1 Å². The molecule has 0 spiro atoms. The highest BCUT2D eigenvalue weighted by Gasteiger charge is 2.16. The van der Waals surface area contributed by atoms with E-state index in [1.165, 1.54) is 24.6 Å². The summed E-state index contributed by atoms with van der Waals surface area (Å²) in [6, 6.07) is 6.15. The largest absolute Gasteiger partial charge is 0.478 e. The van der Waals surface area contributed by atoms with Crippen LogP contribution < -0.4 is 10.2 Å². The number of hydrogen-bond acceptors (Lipinski definition) is 7. The molecule has 8 heteroatoms. The number of nitro groups is 1. The number of nitrogens with one attached hydrogen (secondary N) is 1. The molecule has 1 N–H and O–H groups in total. The second-order valence-corrected chi connectivity index (χ2v) is 3.59. The summed E-state index contributed by atoms with van der Waals surface area (Å²) in [5.74, 6) is 0.804. The Kier molecular flexibility index (Phi) is 4.28. The first kappa shape index (κ1) is 13.5. The lowest BCUT2D eigenvalue weighted by molar-refractivity contribution is -0.384. The van der Waals surface area contributed by atoms with Gasteiger partial charge in [-0.25, -0.2) is 0 Å². The molecule has 8 nitrogen and oxygen atoms in total. The van der Waals surface area contributed by atoms with E-state index < -0.39 is 4.92 Å². The molecule has 0 saturated heterocycles. The average Bonchev–Trinajstić information content (AvgIpc) is 2.92. The molecule has 0 bridgehead atoms. The van der Waals surface area contributed by atoms with Crippen LogP contribution in [0.2, 0.25) is 0 Å². The van der Waals surface area contributed by atoms with E-state index in [0.717, 1.165) is 0 Å². The molecule has 20 heavy (non-hydrogen) atoms. The maximum atomic E-state index is 10.9. The molecule has 0 unspecified atom stereocenters. The van der Waals surface area contributed by atoms with E-state index in [9.17, 15) is 10.1 Å². The molecular formula is C12H12N4O4. The highest BCUT2D eigenvalue weighted by atomic mass is 16.6. The van der Waals surface area contributed by atoms with Crippen molar-refractivity contribution in [2.24, 2.45) is 5.10 Å². The minimum absolute atomic E-state index is 0.00348. The molecule has 2 heterocycles. The van der Waals surface area contributed by atoms with E-state index in [1.54, 1.807) is 19.1 Å². The van der Waals surface area contributed by atoms with Gasteiger partial charge in [-0.1, -0.05) is 0 Å². The van der Waals surface area contributed by atoms with Gasteiger partial charge in [-0.05, 0) is 19.1 Å². The second kappa shape index (κ2) is 6.32. The van der Waals surface area contributed by atoms with Gasteiger partial charge in [-0.2, -0.15) is 10.1 Å². The molecule has 0 amide bonds. The van der Waals surface area contributed by atoms with E-state index in [-0.39, 0.29) is 17.4 Å². The summed E-state index contributed by atoms with van der Waals surface area (Å²) in [6.07, 6.45) is 2.89. The number of furan rings is 1. The van der Waals surface area contributed by atoms with Crippen LogP contribution in [0.4, 0.5) is 11.5 Å². The molecule has 0 aliphatic carbocycles. The first-order valence-corrected chi connectivity index (χ1v) is 5.81. The second-order valence-electron chi connectivity index (χ2n) is 3.59. The van der Waals surface area contributed by atoms with E-state index in [4.69, 9.17) is 9.15 Å². The van der Waals surface area contributed by atoms with Crippen LogP contribution in [-0.2, 0) is 0 Å². The van der Waals surface area contributed by atoms with Gasteiger partial charge in [0.2, 0.25) is 11.7 Å². The summed E-state index contributed by atoms with van der Waals surface area (Å²) in [6.45, 7) is 2.21. The molecule has 2 aromatic heterocycles. The molecule has 2 aromatic rings. The fourth-order valence-corrected chi connectivity index (χ4v) is 1.41. The van der Waals surface area contributed by atoms with Crippen molar-refractivity contribution < 1.29 is 14.1 Å². The first-order chi connectivity index (χ1) is 9.70. The Hall–Kier alpha value is -2.90. The Morgan fingerprint density at radius 3 is 3.05 bits per heavy atom. The van der Waals surface area contributed by atoms with Crippen molar-refractivity contribution in [2.45, 2.75) is 6.92 Å². The van der Waals surface area contributed by atoms with Crippen LogP contribution in [0.1, 0.15) is 12.7 Å². The lowest BCUT2D eigenvalue weighted by Crippen LogP contribution is -2.02. The van der Waals surface area contributed by atoms with Crippen LogP contribution in [-0.4, -0.2) is 22.7 Å². The van der Waals surface area contributed by atoms with Gasteiger partial charge in [0.15, 0.2) is 0 Å². The summed E-state index contributed by atoms with van der Waals surface area (Å²) in [7, 11) is 0. The summed E-state index contributed by atoms with van der Waals surface area (Å²) in [4.78, 5) is 14.3. The lowest BCUT2D eigenvalue weighted by Gasteiger charge is -2.05. The van der Waals surface area contributed by atoms with E-state index in [1.807, 2.05) is 0 Å². The topological polar surface area (TPSA) is 103 Å². The van der Waals surface area contributed by atoms with Crippen LogP contribution in [0.5, 0.6) is 5.88 Å². The zero-order chi connectivity index (χ0) is 14.4. The van der Waals surface area contributed by atoms with Crippen molar-refractivity contribution >= 4 is 17.7 Å². The molecule has 0 saturated carbocycles. The number of anilines is 1. The summed E-state index contributed by atoms with van der Waals surface area (Å²) >= 11 is 0. The predicted octanol–water partition coefficient (Wildman–Crippen LogP) is 2.43. The summed E-state index contributed by atoms with van der Waals surface area (Å²) in [5.41, 5.74) is 2.32. The normalized spacial score (nSPS) is 10.7. The Morgan fingerprint density at radius 2 is 2.40 bits per heavy atom. The van der Waals surface area contributed by atoms with Gasteiger partial charge in [-0.15, -0.1) is 0 Å². The Labute approximate surface area is 114 Å². The zero-order valence-electron chi connectivity index (χ0n) is 10.6. The molecule has 0 aliphatic heterocycles. The molecule has 0 fully saturated rings. The van der Waals surface area contributed by atoms with Gasteiger partial charge in [-0.3, -0.25) is 15.5 Å². The Morgan fingerprint density at radius 1 is 1.55 bits per heavy atom. The van der Waals surface area contributed by atoms with E-state index in [2.05, 4.69) is 15.5 Å². The number of pyridine rings is 1. The summed E-state index contributed by atoms with van der Waals surface area (Å²) in [5, 5.41) is 14.7. The Bertz CT molecular complexity index is 610. The van der Waals surface area contributed by atoms with Gasteiger partial charge in [0.1, 0.15) is 5.76 Å². The molecule has 0 aromatic carbocycles. The van der Waals surface area contributed by atoms with Crippen LogP contribution in [0.3, 0.4) is 0 Å². The van der Waals surface area contributed by atoms with Crippen molar-refractivity contribution in [1.29, 1.82) is 0 Å². The predicted molar refractivity (Wildman–Crippen MR) is 72.0 cm³/mol. The van der Waals surface area contributed by atoms with E-state index in [0.29, 0.717) is 12.4 Å². The fraction of sp³-hybridized carbons (Fsp3) is 0.167. The highest BCUT2D eigenvalue weighted by Crippen LogP contribution is 2.24. The third-order valence-corrected chi connectivity index (χ3v) is 2.24. The monoisotopic (exact) mass is 276 g/mol. The average molecular weight is 276 g/mol. The maximum absolute atomic E-state index is 10.9. The van der Waals surface area contributed by atoms with Gasteiger partial charge in [0.25, 0.3) is 0 Å². The third kappa shape index (κ3) is 3.31. The van der Waals surface area contributed by atoms with Crippen molar-refractivity contribution in [3.8, 4) is 5.88 Å². The smallest absolute Gasteiger partial charge is 0.313 e. The van der Waals surface area contributed by atoms with Crippen molar-refractivity contribution in [3.05, 3.63) is 46.4 Å². The SMILES string of the molecule is CCOc1ccc([N+](=O)[O-])c(N/N=C/c2ccco2)n1. The minimum Gasteiger partial charge on any atom is -0.478 e. The molecule has 2 rings (SSSR count). The summed E-state index contributed by atoms with van der Waals surface area (Å²) < 4.78 is 10.2. The molecule has 0 aliphatic rings. The van der Waals surface area contributed by atoms with Crippen molar-refractivity contribution in [1.82, 2.24) is 4.98 Å². The van der Waals surface area contributed by atoms with Gasteiger partial charge in [0.05, 0.1) is 24.0 Å². The maximum Gasteiger partial charge on any atom is 0.313 e. The highest BCUT2D eigenvalue weighted by molar-refractivity contribution is 5.76. The number of rotatable bonds is 6. The van der Waals surface area contributed by atoms with Crippen LogP contribution >= 0.6 is 0 Å². The zero-order valence-corrected chi connectivity index (χ0v) is 10.6. The molecule has 0 radical (unpaired) electrons. The van der Waals surface area contributed by atoms with Gasteiger partial charge in [0, 0.05) is 12.1 Å².